The van der Waals surface area contributed by atoms with Crippen LogP contribution in [0.2, 0.25) is 0 Å². The predicted octanol–water partition coefficient (Wildman–Crippen LogP) is 3.84. The number of carbonyl (C=O) groups is 1. The van der Waals surface area contributed by atoms with E-state index < -0.39 is 0 Å². The minimum atomic E-state index is -0.133. The van der Waals surface area contributed by atoms with E-state index in [1.807, 2.05) is 13.8 Å². The molecule has 0 bridgehead atoms. The van der Waals surface area contributed by atoms with Crippen molar-refractivity contribution in [2.24, 2.45) is 0 Å². The summed E-state index contributed by atoms with van der Waals surface area (Å²) in [5.74, 6) is 0.254. The summed E-state index contributed by atoms with van der Waals surface area (Å²) in [5, 5.41) is 13.8. The number of phenols is 1. The van der Waals surface area contributed by atoms with Gasteiger partial charge in [-0.1, -0.05) is 15.9 Å². The molecule has 5 nitrogen and oxygen atoms in total. The molecular weight excluding hydrogens is 348 g/mol. The Morgan fingerprint density at radius 1 is 1.45 bits per heavy atom. The highest BCUT2D eigenvalue weighted by Crippen LogP contribution is 2.33. The number of aromatic hydroxyl groups is 1. The van der Waals surface area contributed by atoms with Crippen molar-refractivity contribution in [3.63, 3.8) is 0 Å². The van der Waals surface area contributed by atoms with Crippen molar-refractivity contribution in [3.05, 3.63) is 46.2 Å². The summed E-state index contributed by atoms with van der Waals surface area (Å²) in [6, 6.07) is 3.39. The molecule has 1 aromatic heterocycles. The monoisotopic (exact) mass is 364 g/mol. The zero-order valence-corrected chi connectivity index (χ0v) is 14.2. The van der Waals surface area contributed by atoms with Gasteiger partial charge in [0.05, 0.1) is 18.9 Å². The molecule has 116 valence electrons. The second kappa shape index (κ2) is 6.79. The number of rotatable bonds is 5. The number of methoxy groups -OCH3 is 1. The molecule has 22 heavy (non-hydrogen) atoms. The molecule has 6 heteroatoms. The van der Waals surface area contributed by atoms with Gasteiger partial charge in [0.15, 0.2) is 17.3 Å². The van der Waals surface area contributed by atoms with Crippen LogP contribution in [0.1, 0.15) is 35.8 Å². The summed E-state index contributed by atoms with van der Waals surface area (Å²) in [6.07, 6.45) is 6.42. The summed E-state index contributed by atoms with van der Waals surface area (Å²) in [4.78, 5) is 12.2. The molecule has 0 saturated carbocycles. The number of hydrogen-bond acceptors (Lipinski definition) is 4. The molecular formula is C16H17BrN2O3. The van der Waals surface area contributed by atoms with Gasteiger partial charge in [-0.25, -0.2) is 0 Å². The summed E-state index contributed by atoms with van der Waals surface area (Å²) < 4.78 is 7.47. The molecule has 0 unspecified atom stereocenters. The van der Waals surface area contributed by atoms with Crippen LogP contribution in [0.3, 0.4) is 0 Å². The SMILES string of the molecule is COc1cc(/C=C/C(=O)c2cnn(C(C)C)c2)c(Br)cc1O. The number of carbonyl (C=O) groups excluding carboxylic acids is 1. The summed E-state index contributed by atoms with van der Waals surface area (Å²) in [6.45, 7) is 3.99. The second-order valence-electron chi connectivity index (χ2n) is 5.05. The van der Waals surface area contributed by atoms with Crippen molar-refractivity contribution in [3.8, 4) is 11.5 Å². The molecule has 2 aromatic rings. The van der Waals surface area contributed by atoms with Crippen LogP contribution in [0.4, 0.5) is 0 Å². The second-order valence-corrected chi connectivity index (χ2v) is 5.90. The van der Waals surface area contributed by atoms with E-state index in [-0.39, 0.29) is 17.6 Å². The van der Waals surface area contributed by atoms with Crippen LogP contribution in [0.25, 0.3) is 6.08 Å². The van der Waals surface area contributed by atoms with Gasteiger partial charge in [-0.05, 0) is 43.7 Å². The Labute approximate surface area is 137 Å². The molecule has 0 saturated heterocycles. The normalized spacial score (nSPS) is 11.3. The van der Waals surface area contributed by atoms with Gasteiger partial charge in [-0.2, -0.15) is 5.10 Å². The number of nitrogens with zero attached hydrogens (tertiary/aromatic N) is 2. The topological polar surface area (TPSA) is 64.3 Å². The molecule has 0 atom stereocenters. The maximum absolute atomic E-state index is 12.2. The molecule has 1 aromatic carbocycles. The number of hydrogen-bond donors (Lipinski definition) is 1. The first-order chi connectivity index (χ1) is 10.4. The summed E-state index contributed by atoms with van der Waals surface area (Å²) in [5.41, 5.74) is 1.27. The molecule has 0 aliphatic heterocycles. The highest BCUT2D eigenvalue weighted by molar-refractivity contribution is 9.10. The van der Waals surface area contributed by atoms with E-state index in [1.165, 1.54) is 19.3 Å². The Kier molecular flexibility index (Phi) is 5.03. The lowest BCUT2D eigenvalue weighted by molar-refractivity contribution is 0.104. The molecule has 2 rings (SSSR count). The zero-order chi connectivity index (χ0) is 16.3. The number of phenolic OH excluding ortho intramolecular Hbond substituents is 1. The van der Waals surface area contributed by atoms with Crippen molar-refractivity contribution in [1.82, 2.24) is 9.78 Å². The van der Waals surface area contributed by atoms with Gasteiger partial charge in [0, 0.05) is 16.7 Å². The van der Waals surface area contributed by atoms with Crippen LogP contribution >= 0.6 is 15.9 Å². The summed E-state index contributed by atoms with van der Waals surface area (Å²) >= 11 is 3.35. The largest absolute Gasteiger partial charge is 0.504 e. The molecule has 1 heterocycles. The van der Waals surface area contributed by atoms with E-state index in [0.29, 0.717) is 15.8 Å². The lowest BCUT2D eigenvalue weighted by atomic mass is 10.1. The molecule has 0 fully saturated rings. The minimum Gasteiger partial charge on any atom is -0.504 e. The number of halogens is 1. The van der Waals surface area contributed by atoms with Gasteiger partial charge in [0.25, 0.3) is 0 Å². The van der Waals surface area contributed by atoms with Crippen molar-refractivity contribution in [2.75, 3.05) is 7.11 Å². The van der Waals surface area contributed by atoms with E-state index in [9.17, 15) is 9.90 Å². The smallest absolute Gasteiger partial charge is 0.189 e. The van der Waals surface area contributed by atoms with Gasteiger partial charge in [0.1, 0.15) is 0 Å². The van der Waals surface area contributed by atoms with E-state index >= 15 is 0 Å². The molecule has 0 aliphatic carbocycles. The van der Waals surface area contributed by atoms with Crippen LogP contribution in [0, 0.1) is 0 Å². The fourth-order valence-corrected chi connectivity index (χ4v) is 2.32. The fraction of sp³-hybridized carbons (Fsp3) is 0.250. The number of ether oxygens (including phenoxy) is 1. The zero-order valence-electron chi connectivity index (χ0n) is 12.6. The highest BCUT2D eigenvalue weighted by Gasteiger charge is 2.09. The Balaban J connectivity index is 2.22. The molecule has 0 spiro atoms. The van der Waals surface area contributed by atoms with Gasteiger partial charge >= 0.3 is 0 Å². The van der Waals surface area contributed by atoms with Gasteiger partial charge in [-0.15, -0.1) is 0 Å². The summed E-state index contributed by atoms with van der Waals surface area (Å²) in [7, 11) is 1.47. The van der Waals surface area contributed by atoms with E-state index in [0.717, 1.165) is 5.56 Å². The number of benzene rings is 1. The maximum atomic E-state index is 12.2. The number of aromatic nitrogens is 2. The third-order valence-electron chi connectivity index (χ3n) is 3.13. The molecule has 1 N–H and O–H groups in total. The van der Waals surface area contributed by atoms with Crippen molar-refractivity contribution >= 4 is 27.8 Å². The first kappa shape index (κ1) is 16.3. The van der Waals surface area contributed by atoms with Crippen molar-refractivity contribution < 1.29 is 14.6 Å². The van der Waals surface area contributed by atoms with Crippen molar-refractivity contribution in [2.45, 2.75) is 19.9 Å². The molecule has 0 radical (unpaired) electrons. The number of allylic oxidation sites excluding steroid dienone is 1. The Morgan fingerprint density at radius 3 is 2.77 bits per heavy atom. The highest BCUT2D eigenvalue weighted by atomic mass is 79.9. The average Bonchev–Trinajstić information content (AvgIpc) is 2.96. The van der Waals surface area contributed by atoms with Crippen LogP contribution in [0.5, 0.6) is 11.5 Å². The minimum absolute atomic E-state index is 0.0380. The van der Waals surface area contributed by atoms with Gasteiger partial charge in [-0.3, -0.25) is 9.48 Å². The molecule has 0 aliphatic rings. The standard InChI is InChI=1S/C16H17BrN2O3/c1-10(2)19-9-12(8-18-19)14(20)5-4-11-6-16(22-3)15(21)7-13(11)17/h4-10,21H,1-3H3/b5-4+. The Morgan fingerprint density at radius 2 is 2.18 bits per heavy atom. The fourth-order valence-electron chi connectivity index (χ4n) is 1.86. The van der Waals surface area contributed by atoms with Gasteiger partial charge < -0.3 is 9.84 Å². The van der Waals surface area contributed by atoms with E-state index in [1.54, 1.807) is 29.2 Å². The van der Waals surface area contributed by atoms with Crippen LogP contribution in [-0.4, -0.2) is 27.8 Å². The first-order valence-corrected chi connectivity index (χ1v) is 7.54. The third-order valence-corrected chi connectivity index (χ3v) is 3.81. The van der Waals surface area contributed by atoms with E-state index in [2.05, 4.69) is 21.0 Å². The lowest BCUT2D eigenvalue weighted by Gasteiger charge is -2.06. The average molecular weight is 365 g/mol. The quantitative estimate of drug-likeness (QED) is 0.646. The van der Waals surface area contributed by atoms with E-state index in [4.69, 9.17) is 4.74 Å². The van der Waals surface area contributed by atoms with Crippen LogP contribution in [-0.2, 0) is 0 Å². The van der Waals surface area contributed by atoms with Crippen molar-refractivity contribution in [1.29, 1.82) is 0 Å². The lowest BCUT2D eigenvalue weighted by Crippen LogP contribution is -2.00. The van der Waals surface area contributed by atoms with Crippen LogP contribution in [0.15, 0.2) is 35.1 Å². The molecule has 0 amide bonds. The van der Waals surface area contributed by atoms with Crippen LogP contribution < -0.4 is 4.74 Å². The number of ketones is 1. The first-order valence-electron chi connectivity index (χ1n) is 6.75. The Hall–Kier alpha value is -2.08. The Bertz CT molecular complexity index is 720. The predicted molar refractivity (Wildman–Crippen MR) is 88.3 cm³/mol. The third kappa shape index (κ3) is 3.57. The van der Waals surface area contributed by atoms with Gasteiger partial charge in [0.2, 0.25) is 0 Å². The maximum Gasteiger partial charge on any atom is 0.189 e.